The number of nitrogens with one attached hydrogen (secondary N) is 1. The number of aromatic nitrogens is 3. The molecule has 2 aromatic heterocycles. The Kier molecular flexibility index (Phi) is 4.26. The number of benzene rings is 1. The number of pyridine rings is 1. The summed E-state index contributed by atoms with van der Waals surface area (Å²) >= 11 is 0. The zero-order valence-electron chi connectivity index (χ0n) is 13.7. The molecule has 0 saturated carbocycles. The Hall–Kier alpha value is -2.99. The Bertz CT molecular complexity index is 841. The van der Waals surface area contributed by atoms with Crippen molar-refractivity contribution in [1.29, 1.82) is 0 Å². The molecule has 6 heteroatoms. The van der Waals surface area contributed by atoms with Gasteiger partial charge in [-0.2, -0.15) is 0 Å². The number of aliphatic hydroxyl groups is 1. The lowest BCUT2D eigenvalue weighted by Crippen LogP contribution is -2.15. The largest absolute Gasteiger partial charge is 0.387 e. The zero-order valence-corrected chi connectivity index (χ0v) is 13.7. The number of hydrogen-bond acceptors (Lipinski definition) is 6. The molecule has 0 spiro atoms. The molecule has 1 aliphatic heterocycles. The van der Waals surface area contributed by atoms with Crippen LogP contribution in [0.2, 0.25) is 0 Å². The molecule has 0 amide bonds. The topological polar surface area (TPSA) is 74.2 Å². The third kappa shape index (κ3) is 3.29. The lowest BCUT2D eigenvalue weighted by atomic mass is 10.2. The van der Waals surface area contributed by atoms with Crippen LogP contribution in [0, 0.1) is 0 Å². The summed E-state index contributed by atoms with van der Waals surface area (Å²) < 4.78 is 0. The van der Waals surface area contributed by atoms with Crippen molar-refractivity contribution >= 4 is 17.3 Å². The fourth-order valence-corrected chi connectivity index (χ4v) is 3.00. The maximum Gasteiger partial charge on any atom is 0.223 e. The minimum Gasteiger partial charge on any atom is -0.387 e. The van der Waals surface area contributed by atoms with Crippen molar-refractivity contribution in [2.45, 2.75) is 12.5 Å². The van der Waals surface area contributed by atoms with Gasteiger partial charge in [0.1, 0.15) is 0 Å². The number of fused-ring (bicyclic) bond motifs is 1. The van der Waals surface area contributed by atoms with E-state index in [1.165, 1.54) is 0 Å². The maximum absolute atomic E-state index is 10.2. The molecule has 0 radical (unpaired) electrons. The van der Waals surface area contributed by atoms with Gasteiger partial charge < -0.3 is 15.3 Å². The van der Waals surface area contributed by atoms with Gasteiger partial charge in [0.05, 0.1) is 23.7 Å². The van der Waals surface area contributed by atoms with E-state index < -0.39 is 6.10 Å². The molecule has 3 aromatic rings. The summed E-state index contributed by atoms with van der Waals surface area (Å²) in [7, 11) is 0. The first-order valence-electron chi connectivity index (χ1n) is 8.31. The number of aliphatic hydroxyl groups excluding tert-OH is 1. The molecule has 126 valence electrons. The van der Waals surface area contributed by atoms with E-state index >= 15 is 0 Å². The normalized spacial score (nSPS) is 14.2. The van der Waals surface area contributed by atoms with Crippen LogP contribution in [0.1, 0.15) is 17.4 Å². The fraction of sp³-hybridized carbons (Fsp3) is 0.211. The minimum atomic E-state index is -0.647. The third-order valence-corrected chi connectivity index (χ3v) is 4.30. The Morgan fingerprint density at radius 1 is 1.12 bits per heavy atom. The van der Waals surface area contributed by atoms with Crippen molar-refractivity contribution in [3.8, 4) is 0 Å². The monoisotopic (exact) mass is 333 g/mol. The van der Waals surface area contributed by atoms with Gasteiger partial charge in [-0.1, -0.05) is 24.3 Å². The van der Waals surface area contributed by atoms with Crippen molar-refractivity contribution in [1.82, 2.24) is 15.0 Å². The molecule has 0 saturated heterocycles. The summed E-state index contributed by atoms with van der Waals surface area (Å²) in [6.45, 7) is 1.24. The van der Waals surface area contributed by atoms with Gasteiger partial charge in [-0.25, -0.2) is 9.97 Å². The van der Waals surface area contributed by atoms with Gasteiger partial charge >= 0.3 is 0 Å². The average Bonchev–Trinajstić information content (AvgIpc) is 3.10. The summed E-state index contributed by atoms with van der Waals surface area (Å²) in [5, 5.41) is 13.3. The van der Waals surface area contributed by atoms with Crippen LogP contribution in [0.3, 0.4) is 0 Å². The predicted octanol–water partition coefficient (Wildman–Crippen LogP) is 2.71. The Labute approximate surface area is 146 Å². The van der Waals surface area contributed by atoms with Crippen LogP contribution >= 0.6 is 0 Å². The Balaban J connectivity index is 1.46. The molecule has 4 rings (SSSR count). The second-order valence-corrected chi connectivity index (χ2v) is 5.95. The molecule has 1 atom stereocenters. The molecule has 1 unspecified atom stereocenters. The van der Waals surface area contributed by atoms with Crippen LogP contribution in [-0.4, -0.2) is 33.1 Å². The standard InChI is InChI=1S/C19H19N5O/c25-18(14-5-4-9-20-11-14)13-22-19-21-12-17-16(23-19)8-10-24(17)15-6-2-1-3-7-15/h1-7,9,11-12,18,25H,8,10,13H2,(H,21,22,23). The second-order valence-electron chi connectivity index (χ2n) is 5.95. The first-order chi connectivity index (χ1) is 12.3. The minimum absolute atomic E-state index is 0.340. The van der Waals surface area contributed by atoms with Crippen molar-refractivity contribution in [2.75, 3.05) is 23.3 Å². The van der Waals surface area contributed by atoms with Crippen LogP contribution < -0.4 is 10.2 Å². The van der Waals surface area contributed by atoms with E-state index in [1.807, 2.05) is 36.5 Å². The fourth-order valence-electron chi connectivity index (χ4n) is 3.00. The highest BCUT2D eigenvalue weighted by molar-refractivity contribution is 5.68. The zero-order chi connectivity index (χ0) is 17.1. The summed E-state index contributed by atoms with van der Waals surface area (Å²) in [5.41, 5.74) is 3.99. The molecule has 2 N–H and O–H groups in total. The molecule has 0 fully saturated rings. The molecule has 1 aromatic carbocycles. The third-order valence-electron chi connectivity index (χ3n) is 4.30. The summed E-state index contributed by atoms with van der Waals surface area (Å²) in [6, 6.07) is 13.9. The summed E-state index contributed by atoms with van der Waals surface area (Å²) in [6.07, 6.45) is 5.43. The van der Waals surface area contributed by atoms with Gasteiger partial charge in [0.15, 0.2) is 0 Å². The molecular formula is C19H19N5O. The highest BCUT2D eigenvalue weighted by Gasteiger charge is 2.22. The average molecular weight is 333 g/mol. The van der Waals surface area contributed by atoms with Gasteiger partial charge in [-0.3, -0.25) is 4.98 Å². The molecule has 0 bridgehead atoms. The number of anilines is 3. The van der Waals surface area contributed by atoms with E-state index in [2.05, 4.69) is 37.3 Å². The van der Waals surface area contributed by atoms with Crippen LogP contribution in [0.25, 0.3) is 0 Å². The van der Waals surface area contributed by atoms with E-state index in [0.29, 0.717) is 12.5 Å². The predicted molar refractivity (Wildman–Crippen MR) is 96.9 cm³/mol. The Morgan fingerprint density at radius 2 is 2.00 bits per heavy atom. The number of rotatable bonds is 5. The first kappa shape index (κ1) is 15.5. The number of para-hydroxylation sites is 1. The Morgan fingerprint density at radius 3 is 2.80 bits per heavy atom. The smallest absolute Gasteiger partial charge is 0.223 e. The second kappa shape index (κ2) is 6.86. The van der Waals surface area contributed by atoms with Crippen LogP contribution in [-0.2, 0) is 6.42 Å². The van der Waals surface area contributed by atoms with Crippen LogP contribution in [0.5, 0.6) is 0 Å². The summed E-state index contributed by atoms with van der Waals surface area (Å²) in [4.78, 5) is 15.3. The molecule has 0 aliphatic carbocycles. The van der Waals surface area contributed by atoms with Gasteiger partial charge in [0.2, 0.25) is 5.95 Å². The van der Waals surface area contributed by atoms with E-state index in [9.17, 15) is 5.11 Å². The number of nitrogens with zero attached hydrogens (tertiary/aromatic N) is 4. The molecular weight excluding hydrogens is 314 g/mol. The lowest BCUT2D eigenvalue weighted by molar-refractivity contribution is 0.191. The molecule has 1 aliphatic rings. The van der Waals surface area contributed by atoms with E-state index in [-0.39, 0.29) is 0 Å². The maximum atomic E-state index is 10.2. The van der Waals surface area contributed by atoms with Crippen LogP contribution in [0.15, 0.2) is 61.1 Å². The van der Waals surface area contributed by atoms with E-state index in [0.717, 1.165) is 35.6 Å². The first-order valence-corrected chi connectivity index (χ1v) is 8.31. The van der Waals surface area contributed by atoms with Crippen molar-refractivity contribution < 1.29 is 5.11 Å². The van der Waals surface area contributed by atoms with Gasteiger partial charge in [0, 0.05) is 43.2 Å². The highest BCUT2D eigenvalue weighted by Crippen LogP contribution is 2.33. The summed E-state index contributed by atoms with van der Waals surface area (Å²) in [5.74, 6) is 0.539. The molecule has 25 heavy (non-hydrogen) atoms. The van der Waals surface area contributed by atoms with E-state index in [1.54, 1.807) is 12.4 Å². The lowest BCUT2D eigenvalue weighted by Gasteiger charge is -2.19. The van der Waals surface area contributed by atoms with Gasteiger partial charge in [0.25, 0.3) is 0 Å². The van der Waals surface area contributed by atoms with Crippen molar-refractivity contribution in [2.24, 2.45) is 0 Å². The molecule has 6 nitrogen and oxygen atoms in total. The number of hydrogen-bond donors (Lipinski definition) is 2. The van der Waals surface area contributed by atoms with E-state index in [4.69, 9.17) is 0 Å². The van der Waals surface area contributed by atoms with Crippen LogP contribution in [0.4, 0.5) is 17.3 Å². The van der Waals surface area contributed by atoms with Crippen molar-refractivity contribution in [3.63, 3.8) is 0 Å². The molecule has 3 heterocycles. The quantitative estimate of drug-likeness (QED) is 0.748. The van der Waals surface area contributed by atoms with Gasteiger partial charge in [-0.05, 0) is 18.2 Å². The SMILES string of the molecule is OC(CNc1ncc2c(n1)CCN2c1ccccc1)c1cccnc1. The van der Waals surface area contributed by atoms with Gasteiger partial charge in [-0.15, -0.1) is 0 Å². The highest BCUT2D eigenvalue weighted by atomic mass is 16.3. The van der Waals surface area contributed by atoms with Crippen molar-refractivity contribution in [3.05, 3.63) is 72.3 Å².